The zero-order chi connectivity index (χ0) is 15.6. The topological polar surface area (TPSA) is 40.5 Å². The Morgan fingerprint density at radius 3 is 2.57 bits per heavy atom. The Balaban J connectivity index is 2.48. The number of rotatable bonds is 3. The first-order chi connectivity index (χ1) is 9.93. The molecule has 3 nitrogen and oxygen atoms in total. The maximum Gasteiger partial charge on any atom is 0.261 e. The number of halogens is 2. The number of aromatic hydroxyl groups is 1. The van der Waals surface area contributed by atoms with E-state index in [4.69, 9.17) is 0 Å². The second kappa shape index (κ2) is 5.91. The van der Waals surface area contributed by atoms with E-state index in [1.54, 1.807) is 19.9 Å². The van der Waals surface area contributed by atoms with E-state index in [2.05, 4.69) is 0 Å². The van der Waals surface area contributed by atoms with Gasteiger partial charge in [0.15, 0.2) is 0 Å². The van der Waals surface area contributed by atoms with Gasteiger partial charge in [0.05, 0.1) is 11.3 Å². The molecule has 1 amide bonds. The van der Waals surface area contributed by atoms with Gasteiger partial charge in [-0.15, -0.1) is 0 Å². The summed E-state index contributed by atoms with van der Waals surface area (Å²) < 4.78 is 27.0. The largest absolute Gasteiger partial charge is 0.508 e. The number of hydrogen-bond donors (Lipinski definition) is 1. The van der Waals surface area contributed by atoms with E-state index in [0.29, 0.717) is 5.69 Å². The standard InChI is InChI=1S/C16H15F2NO2/c1-3-19(15-9-12(20)6-4-10(15)2)16(21)13-8-11(17)5-7-14(13)18/h4-9,20H,3H2,1-2H3. The molecule has 0 aliphatic rings. The SMILES string of the molecule is CCN(C(=O)c1cc(F)ccc1F)c1cc(O)ccc1C. The van der Waals surface area contributed by atoms with Crippen LogP contribution in [0.15, 0.2) is 36.4 Å². The first-order valence-electron chi connectivity index (χ1n) is 6.50. The van der Waals surface area contributed by atoms with Crippen LogP contribution in [-0.2, 0) is 0 Å². The molecular formula is C16H15F2NO2. The minimum atomic E-state index is -0.780. The molecule has 0 heterocycles. The van der Waals surface area contributed by atoms with Crippen LogP contribution in [0.2, 0.25) is 0 Å². The monoisotopic (exact) mass is 291 g/mol. The fourth-order valence-electron chi connectivity index (χ4n) is 2.12. The lowest BCUT2D eigenvalue weighted by atomic mass is 10.1. The molecule has 21 heavy (non-hydrogen) atoms. The van der Waals surface area contributed by atoms with Gasteiger partial charge in [-0.3, -0.25) is 4.79 Å². The molecule has 0 saturated heterocycles. The number of amides is 1. The molecule has 0 bridgehead atoms. The highest BCUT2D eigenvalue weighted by atomic mass is 19.1. The lowest BCUT2D eigenvalue weighted by Gasteiger charge is -2.23. The minimum absolute atomic E-state index is 0.00145. The summed E-state index contributed by atoms with van der Waals surface area (Å²) in [6, 6.07) is 7.34. The predicted molar refractivity (Wildman–Crippen MR) is 76.6 cm³/mol. The summed E-state index contributed by atoms with van der Waals surface area (Å²) in [7, 11) is 0. The van der Waals surface area contributed by atoms with E-state index in [1.165, 1.54) is 17.0 Å². The summed E-state index contributed by atoms with van der Waals surface area (Å²) in [4.78, 5) is 13.7. The second-order valence-electron chi connectivity index (χ2n) is 4.64. The van der Waals surface area contributed by atoms with Crippen molar-refractivity contribution in [3.05, 3.63) is 59.2 Å². The Bertz CT molecular complexity index is 686. The lowest BCUT2D eigenvalue weighted by Crippen LogP contribution is -2.32. The predicted octanol–water partition coefficient (Wildman–Crippen LogP) is 3.65. The van der Waals surface area contributed by atoms with E-state index in [0.717, 1.165) is 23.8 Å². The van der Waals surface area contributed by atoms with Crippen LogP contribution in [-0.4, -0.2) is 17.6 Å². The van der Waals surface area contributed by atoms with Crippen LogP contribution in [0.25, 0.3) is 0 Å². The van der Waals surface area contributed by atoms with Gasteiger partial charge in [-0.25, -0.2) is 8.78 Å². The molecule has 2 aromatic carbocycles. The average Bonchev–Trinajstić information content (AvgIpc) is 2.46. The van der Waals surface area contributed by atoms with Crippen LogP contribution in [0, 0.1) is 18.6 Å². The van der Waals surface area contributed by atoms with Crippen LogP contribution >= 0.6 is 0 Å². The van der Waals surface area contributed by atoms with Gasteiger partial charge in [-0.1, -0.05) is 6.07 Å². The van der Waals surface area contributed by atoms with Gasteiger partial charge in [-0.05, 0) is 43.7 Å². The molecule has 0 atom stereocenters. The van der Waals surface area contributed by atoms with E-state index in [-0.39, 0.29) is 17.9 Å². The summed E-state index contributed by atoms with van der Waals surface area (Å²) in [5, 5.41) is 9.56. The Morgan fingerprint density at radius 2 is 1.90 bits per heavy atom. The molecule has 0 aliphatic heterocycles. The van der Waals surface area contributed by atoms with Gasteiger partial charge >= 0.3 is 0 Å². The highest BCUT2D eigenvalue weighted by Crippen LogP contribution is 2.26. The number of benzene rings is 2. The maximum atomic E-state index is 13.7. The number of aryl methyl sites for hydroxylation is 1. The highest BCUT2D eigenvalue weighted by Gasteiger charge is 2.21. The number of anilines is 1. The van der Waals surface area contributed by atoms with Gasteiger partial charge in [0, 0.05) is 12.6 Å². The third-order valence-electron chi connectivity index (χ3n) is 3.20. The van der Waals surface area contributed by atoms with Crippen molar-refractivity contribution in [2.75, 3.05) is 11.4 Å². The average molecular weight is 291 g/mol. The molecule has 0 radical (unpaired) electrons. The molecule has 0 saturated carbocycles. The molecule has 0 unspecified atom stereocenters. The number of phenols is 1. The summed E-state index contributed by atoms with van der Waals surface area (Å²) in [5.74, 6) is -2.11. The van der Waals surface area contributed by atoms with Crippen molar-refractivity contribution >= 4 is 11.6 Å². The molecular weight excluding hydrogens is 276 g/mol. The Morgan fingerprint density at radius 1 is 1.19 bits per heavy atom. The Hall–Kier alpha value is -2.43. The summed E-state index contributed by atoms with van der Waals surface area (Å²) >= 11 is 0. The van der Waals surface area contributed by atoms with Crippen LogP contribution in [0.4, 0.5) is 14.5 Å². The van der Waals surface area contributed by atoms with Gasteiger partial charge in [-0.2, -0.15) is 0 Å². The minimum Gasteiger partial charge on any atom is -0.508 e. The molecule has 1 N–H and O–H groups in total. The number of carbonyl (C=O) groups is 1. The number of phenolic OH excluding ortho intramolecular Hbond substituents is 1. The van der Waals surface area contributed by atoms with Crippen molar-refractivity contribution in [1.82, 2.24) is 0 Å². The first-order valence-corrected chi connectivity index (χ1v) is 6.50. The van der Waals surface area contributed by atoms with Crippen molar-refractivity contribution < 1.29 is 18.7 Å². The normalized spacial score (nSPS) is 10.5. The summed E-state index contributed by atoms with van der Waals surface area (Å²) in [6.45, 7) is 3.75. The molecule has 0 fully saturated rings. The maximum absolute atomic E-state index is 13.7. The van der Waals surface area contributed by atoms with E-state index < -0.39 is 17.5 Å². The van der Waals surface area contributed by atoms with Gasteiger partial charge in [0.2, 0.25) is 0 Å². The van der Waals surface area contributed by atoms with Gasteiger partial charge < -0.3 is 10.0 Å². The van der Waals surface area contributed by atoms with Crippen molar-refractivity contribution in [1.29, 1.82) is 0 Å². The third-order valence-corrected chi connectivity index (χ3v) is 3.20. The van der Waals surface area contributed by atoms with Crippen molar-refractivity contribution in [3.63, 3.8) is 0 Å². The smallest absolute Gasteiger partial charge is 0.261 e. The number of hydrogen-bond acceptors (Lipinski definition) is 2. The fraction of sp³-hybridized carbons (Fsp3) is 0.188. The van der Waals surface area contributed by atoms with Crippen molar-refractivity contribution in [2.24, 2.45) is 0 Å². The second-order valence-corrected chi connectivity index (χ2v) is 4.64. The molecule has 0 aliphatic carbocycles. The Labute approximate surface area is 121 Å². The number of carbonyl (C=O) groups excluding carboxylic acids is 1. The van der Waals surface area contributed by atoms with Gasteiger partial charge in [0.25, 0.3) is 5.91 Å². The molecule has 0 aromatic heterocycles. The van der Waals surface area contributed by atoms with Crippen LogP contribution in [0.1, 0.15) is 22.8 Å². The summed E-state index contributed by atoms with van der Waals surface area (Å²) in [5.41, 5.74) is 0.880. The lowest BCUT2D eigenvalue weighted by molar-refractivity contribution is 0.0984. The molecule has 0 spiro atoms. The number of nitrogens with zero attached hydrogens (tertiary/aromatic N) is 1. The fourth-order valence-corrected chi connectivity index (χ4v) is 2.12. The van der Waals surface area contributed by atoms with E-state index in [1.807, 2.05) is 0 Å². The van der Waals surface area contributed by atoms with E-state index in [9.17, 15) is 18.7 Å². The van der Waals surface area contributed by atoms with Crippen molar-refractivity contribution in [3.8, 4) is 5.75 Å². The Kier molecular flexibility index (Phi) is 4.21. The molecule has 2 aromatic rings. The van der Waals surface area contributed by atoms with Crippen LogP contribution in [0.3, 0.4) is 0 Å². The molecule has 110 valence electrons. The summed E-state index contributed by atoms with van der Waals surface area (Å²) in [6.07, 6.45) is 0. The van der Waals surface area contributed by atoms with Crippen LogP contribution < -0.4 is 4.90 Å². The molecule has 2 rings (SSSR count). The third kappa shape index (κ3) is 3.02. The van der Waals surface area contributed by atoms with Crippen LogP contribution in [0.5, 0.6) is 5.75 Å². The zero-order valence-corrected chi connectivity index (χ0v) is 11.7. The first kappa shape index (κ1) is 15.0. The molecule has 5 heteroatoms. The quantitative estimate of drug-likeness (QED) is 0.937. The highest BCUT2D eigenvalue weighted by molar-refractivity contribution is 6.06. The van der Waals surface area contributed by atoms with Gasteiger partial charge in [0.1, 0.15) is 17.4 Å². The van der Waals surface area contributed by atoms with Crippen molar-refractivity contribution in [2.45, 2.75) is 13.8 Å². The zero-order valence-electron chi connectivity index (χ0n) is 11.7. The van der Waals surface area contributed by atoms with E-state index >= 15 is 0 Å².